The Labute approximate surface area is 862 Å². The number of nitrogens with zero attached hydrogens (tertiary/aromatic N) is 18. The molecule has 0 atom stereocenters. The van der Waals surface area contributed by atoms with E-state index in [1.165, 1.54) is 158 Å². The minimum atomic E-state index is -0.0687. The normalized spacial score (nSPS) is 13.6. The first-order chi connectivity index (χ1) is 71.3. The minimum Gasteiger partial charge on any atom is -0.378 e. The number of hydrogen-bond donors (Lipinski definition) is 6. The molecule has 0 aliphatic carbocycles. The summed E-state index contributed by atoms with van der Waals surface area (Å²) in [5.74, 6) is 5.68. The Kier molecular flexibility index (Phi) is 42.2. The first-order valence-corrected chi connectivity index (χ1v) is 51.9. The summed E-state index contributed by atoms with van der Waals surface area (Å²) in [6, 6.07) is 75.7. The van der Waals surface area contributed by atoms with Crippen molar-refractivity contribution < 1.29 is 14.3 Å². The molecule has 27 nitrogen and oxygen atoms in total. The van der Waals surface area contributed by atoms with Crippen LogP contribution in [-0.4, -0.2) is 207 Å². The van der Waals surface area contributed by atoms with E-state index in [1.54, 1.807) is 43.9 Å². The van der Waals surface area contributed by atoms with E-state index in [9.17, 15) is 9.59 Å². The van der Waals surface area contributed by atoms with E-state index < -0.39 is 0 Å². The van der Waals surface area contributed by atoms with Gasteiger partial charge in [0.1, 0.15) is 79.2 Å². The average molecular weight is 1960 g/mol. The number of hydrogen-bond acceptors (Lipinski definition) is 24. The van der Waals surface area contributed by atoms with E-state index in [0.717, 1.165) is 191 Å². The van der Waals surface area contributed by atoms with Crippen molar-refractivity contribution in [1.29, 1.82) is 0 Å². The number of aromatic nitrogens is 14. The molecule has 0 radical (unpaired) electrons. The molecule has 6 N–H and O–H groups in total. The van der Waals surface area contributed by atoms with E-state index in [-0.39, 0.29) is 11.8 Å². The highest BCUT2D eigenvalue weighted by Crippen LogP contribution is 2.29. The molecule has 4 saturated heterocycles. The van der Waals surface area contributed by atoms with Gasteiger partial charge in [0.05, 0.1) is 47.4 Å². The number of aryl methyl sites for hydroxylation is 6. The van der Waals surface area contributed by atoms with Crippen molar-refractivity contribution in [3.05, 3.63) is 376 Å². The lowest BCUT2D eigenvalue weighted by molar-refractivity contribution is 0.0941. The standard InChI is InChI=1S/C25H29N5O.C23H34N4.C21H22N4O.C19H26N4.C16H19N3O.C15H14N4/c1-19-8-10-22(11-9-19)29-24-17-23(27-18-28-24)20-6-5-7-21(16-20)25(31)26-12-15-30-13-3-2-4-14-30;1-18(2)15-21-22(16-20-9-7-19(3)8-10-20)25-17-26-23(21)24-11-14-27-12-5-4-6-13-27;1-3-11-22-21(26)17-6-4-5-16(12-17)19-13-20(24-14-23-19)25-18-9-7-15(2)8-10-18;1-16-5-7-17(8-6-16)13-18-14-19(22-15-21-18)20-9-12-23-10-3-2-4-11-23;1-13-2-4-14(5-3-13)10-15-11-16(18-12-17-15)19-6-8-20-9-7-19;1-12-2-4-13(5-3-12)8-14-9-15(18-10-17-14)19-7-6-16-11-19/h5-11,16-18H,2-4,12-15H2,1H3,(H,26,31)(H,27,28,29);7-10,17-18H,4-6,11-16H2,1-3H3,(H,24,25,26);4-10,12-14H,3,11H2,1-2H3,(H,22,26)(H,23,24,25);5-8,14-15H,2-4,9-13H2,1H3,(H,20,21,22);2-5,11-12H,6-10H2,1H3;2-7,9-11H,8H2,1H3. The number of morpholine rings is 1. The predicted octanol–water partition coefficient (Wildman–Crippen LogP) is 21.3. The van der Waals surface area contributed by atoms with E-state index in [0.29, 0.717) is 41.8 Å². The number of amides is 2. The molecule has 15 aromatic rings. The number of benzene rings is 8. The molecule has 8 aromatic carbocycles. The SMILES string of the molecule is CCCNC(=O)c1cccc(-c2cc(Nc3ccc(C)cc3)ncn2)c1.Cc1ccc(Cc2cc(-n3ccnc3)ncn2)cc1.Cc1ccc(Cc2cc(N3CCOCC3)ncn2)cc1.Cc1ccc(Cc2cc(NCCN3CCCCC3)ncn2)cc1.Cc1ccc(Cc2ncnc(NCCN3CCCCC3)c2CC(C)C)cc1.Cc1ccc(Nc2cc(-c3cccc(C(=O)NCCN4CCCCC4)c3)ncn2)cc1. The molecule has 11 heterocycles. The van der Waals surface area contributed by atoms with Gasteiger partial charge in [-0.1, -0.05) is 219 Å². The van der Waals surface area contributed by atoms with Gasteiger partial charge in [0.15, 0.2) is 0 Å². The lowest BCUT2D eigenvalue weighted by Crippen LogP contribution is -2.37. The second-order valence-corrected chi connectivity index (χ2v) is 38.4. The smallest absolute Gasteiger partial charge is 0.251 e. The fourth-order valence-corrected chi connectivity index (χ4v) is 17.4. The van der Waals surface area contributed by atoms with Crippen LogP contribution in [0, 0.1) is 47.5 Å². The number of ether oxygens (including phenoxy) is 1. The zero-order valence-electron chi connectivity index (χ0n) is 86.5. The summed E-state index contributed by atoms with van der Waals surface area (Å²) >= 11 is 0. The highest BCUT2D eigenvalue weighted by atomic mass is 16.5. The van der Waals surface area contributed by atoms with Crippen LogP contribution in [0.15, 0.2) is 281 Å². The predicted molar refractivity (Wildman–Crippen MR) is 589 cm³/mol. The summed E-state index contributed by atoms with van der Waals surface area (Å²) in [5, 5.41) is 19.6. The number of imidazole rings is 1. The van der Waals surface area contributed by atoms with Gasteiger partial charge >= 0.3 is 0 Å². The van der Waals surface area contributed by atoms with Crippen LogP contribution in [0.1, 0.15) is 190 Å². The summed E-state index contributed by atoms with van der Waals surface area (Å²) < 4.78 is 7.25. The first kappa shape index (κ1) is 107. The van der Waals surface area contributed by atoms with Gasteiger partial charge in [0, 0.05) is 167 Å². The molecule has 146 heavy (non-hydrogen) atoms. The van der Waals surface area contributed by atoms with Crippen LogP contribution in [0.2, 0.25) is 0 Å². The van der Waals surface area contributed by atoms with Gasteiger partial charge in [0.2, 0.25) is 0 Å². The van der Waals surface area contributed by atoms with Crippen molar-refractivity contribution in [1.82, 2.24) is 94.7 Å². The number of piperidine rings is 3. The highest BCUT2D eigenvalue weighted by molar-refractivity contribution is 5.96. The Morgan fingerprint density at radius 3 is 1.22 bits per heavy atom. The zero-order valence-corrected chi connectivity index (χ0v) is 86.5. The molecule has 4 aliphatic rings. The molecule has 0 spiro atoms. The Balaban J connectivity index is 0.000000139. The van der Waals surface area contributed by atoms with Gasteiger partial charge in [-0.3, -0.25) is 14.2 Å². The second kappa shape index (κ2) is 57.7. The lowest BCUT2D eigenvalue weighted by Gasteiger charge is -2.27. The number of rotatable bonds is 33. The third-order valence-electron chi connectivity index (χ3n) is 25.8. The Morgan fingerprint density at radius 2 is 0.767 bits per heavy atom. The molecule has 758 valence electrons. The third kappa shape index (κ3) is 36.2. The molecule has 0 unspecified atom stereocenters. The monoisotopic (exact) mass is 1960 g/mol. The van der Waals surface area contributed by atoms with Crippen molar-refractivity contribution in [3.8, 4) is 28.3 Å². The molecule has 0 saturated carbocycles. The summed E-state index contributed by atoms with van der Waals surface area (Å²) in [6.45, 7) is 36.0. The topological polar surface area (TPSA) is 301 Å². The molecular weight excluding hydrogens is 1810 g/mol. The van der Waals surface area contributed by atoms with Crippen molar-refractivity contribution >= 4 is 52.3 Å². The van der Waals surface area contributed by atoms with Crippen molar-refractivity contribution in [3.63, 3.8) is 0 Å². The molecular formula is C119H144N24O3. The molecule has 4 fully saturated rings. The summed E-state index contributed by atoms with van der Waals surface area (Å²) in [6.07, 6.45) is 32.3. The molecule has 4 aliphatic heterocycles. The maximum atomic E-state index is 12.6. The van der Waals surface area contributed by atoms with Crippen LogP contribution in [0.25, 0.3) is 28.3 Å². The van der Waals surface area contributed by atoms with E-state index >= 15 is 0 Å². The minimum absolute atomic E-state index is 0.0501. The van der Waals surface area contributed by atoms with Crippen molar-refractivity contribution in [2.24, 2.45) is 5.92 Å². The summed E-state index contributed by atoms with van der Waals surface area (Å²) in [5.41, 5.74) is 24.7. The summed E-state index contributed by atoms with van der Waals surface area (Å²) in [4.78, 5) is 91.2. The van der Waals surface area contributed by atoms with Gasteiger partial charge in [0.25, 0.3) is 11.8 Å². The van der Waals surface area contributed by atoms with E-state index in [4.69, 9.17) is 4.74 Å². The Bertz CT molecular complexity index is 6430. The van der Waals surface area contributed by atoms with Gasteiger partial charge in [-0.2, -0.15) is 0 Å². The van der Waals surface area contributed by atoms with E-state index in [2.05, 4.69) is 293 Å². The van der Waals surface area contributed by atoms with Gasteiger partial charge in [-0.05, 0) is 209 Å². The lowest BCUT2D eigenvalue weighted by atomic mass is 9.98. The molecule has 19 rings (SSSR count). The maximum Gasteiger partial charge on any atom is 0.251 e. The van der Waals surface area contributed by atoms with Gasteiger partial charge < -0.3 is 56.2 Å². The highest BCUT2D eigenvalue weighted by Gasteiger charge is 2.20. The first-order valence-electron chi connectivity index (χ1n) is 51.9. The van der Waals surface area contributed by atoms with Gasteiger partial charge in [-0.15, -0.1) is 0 Å². The van der Waals surface area contributed by atoms with Crippen LogP contribution >= 0.6 is 0 Å². The third-order valence-corrected chi connectivity index (χ3v) is 25.8. The largest absolute Gasteiger partial charge is 0.378 e. The van der Waals surface area contributed by atoms with E-state index in [1.807, 2.05) is 115 Å². The Morgan fingerprint density at radius 1 is 0.370 bits per heavy atom. The van der Waals surface area contributed by atoms with Crippen molar-refractivity contribution in [2.75, 3.05) is 138 Å². The number of likely N-dealkylation sites (tertiary alicyclic amines) is 3. The quantitative estimate of drug-likeness (QED) is 0.0223. The average Bonchev–Trinajstić information content (AvgIpc) is 0.920. The van der Waals surface area contributed by atoms with Crippen LogP contribution in [-0.2, 0) is 36.8 Å². The van der Waals surface area contributed by atoms with Crippen LogP contribution < -0.4 is 36.8 Å². The molecule has 0 bridgehead atoms. The Hall–Kier alpha value is -14.8. The zero-order chi connectivity index (χ0) is 102. The number of nitrogens with one attached hydrogen (secondary N) is 6. The number of anilines is 7. The fraction of sp³-hybridized carbons (Fsp3) is 0.353. The molecule has 2 amide bonds. The van der Waals surface area contributed by atoms with Crippen LogP contribution in [0.3, 0.4) is 0 Å². The van der Waals surface area contributed by atoms with Gasteiger partial charge in [-0.25, -0.2) is 64.8 Å². The van der Waals surface area contributed by atoms with Crippen molar-refractivity contribution in [2.45, 2.75) is 159 Å². The molecule has 7 aromatic heterocycles. The number of carbonyl (C=O) groups is 2. The molecule has 27 heteroatoms. The second-order valence-electron chi connectivity index (χ2n) is 38.4. The van der Waals surface area contributed by atoms with Crippen LogP contribution in [0.4, 0.5) is 40.5 Å². The number of carbonyl (C=O) groups excluding carboxylic acids is 2. The summed E-state index contributed by atoms with van der Waals surface area (Å²) in [7, 11) is 0. The van der Waals surface area contributed by atoms with Crippen LogP contribution in [0.5, 0.6) is 0 Å². The maximum absolute atomic E-state index is 12.6. The fourth-order valence-electron chi connectivity index (χ4n) is 17.4.